The van der Waals surface area contributed by atoms with Gasteiger partial charge in [-0.1, -0.05) is 43.7 Å². The van der Waals surface area contributed by atoms with Gasteiger partial charge in [0, 0.05) is 13.1 Å². The second-order valence-electron chi connectivity index (χ2n) is 8.68. The van der Waals surface area contributed by atoms with Crippen LogP contribution in [0.4, 0.5) is 13.2 Å². The molecule has 2 aliphatic heterocycles. The number of hydrogen-bond acceptors (Lipinski definition) is 3. The van der Waals surface area contributed by atoms with Gasteiger partial charge in [-0.2, -0.15) is 13.2 Å². The lowest BCUT2D eigenvalue weighted by Crippen LogP contribution is -2.53. The van der Waals surface area contributed by atoms with Crippen LogP contribution in [0, 0.1) is 5.92 Å². The van der Waals surface area contributed by atoms with E-state index in [1.165, 1.54) is 17.0 Å². The van der Waals surface area contributed by atoms with Gasteiger partial charge < -0.3 is 0 Å². The van der Waals surface area contributed by atoms with Crippen molar-refractivity contribution in [1.29, 1.82) is 0 Å². The summed E-state index contributed by atoms with van der Waals surface area (Å²) in [6, 6.07) is 12.5. The predicted octanol–water partition coefficient (Wildman–Crippen LogP) is 5.38. The van der Waals surface area contributed by atoms with Crippen molar-refractivity contribution in [2.75, 3.05) is 13.1 Å². The van der Waals surface area contributed by atoms with Crippen LogP contribution in [0.25, 0.3) is 0 Å². The fraction of sp³-hybridized carbons (Fsp3) is 0.440. The zero-order valence-corrected chi connectivity index (χ0v) is 18.1. The van der Waals surface area contributed by atoms with Crippen LogP contribution in [0.5, 0.6) is 0 Å². The molecule has 4 nitrogen and oxygen atoms in total. The maximum atomic E-state index is 13.0. The van der Waals surface area contributed by atoms with E-state index in [0.717, 1.165) is 25.3 Å². The van der Waals surface area contributed by atoms with Crippen LogP contribution < -0.4 is 0 Å². The zero-order chi connectivity index (χ0) is 22.9. The van der Waals surface area contributed by atoms with E-state index in [9.17, 15) is 22.8 Å². The van der Waals surface area contributed by atoms with Crippen molar-refractivity contribution >= 4 is 11.8 Å². The number of nitrogens with zero attached hydrogens (tertiary/aromatic N) is 2. The number of imide groups is 1. The number of benzene rings is 2. The van der Waals surface area contributed by atoms with Crippen molar-refractivity contribution in [3.8, 4) is 0 Å². The summed E-state index contributed by atoms with van der Waals surface area (Å²) in [6.45, 7) is 3.45. The van der Waals surface area contributed by atoms with Crippen LogP contribution in [0.2, 0.25) is 0 Å². The monoisotopic (exact) mass is 444 g/mol. The van der Waals surface area contributed by atoms with E-state index < -0.39 is 11.7 Å². The molecule has 32 heavy (non-hydrogen) atoms. The minimum Gasteiger partial charge on any atom is -0.283 e. The average molecular weight is 444 g/mol. The molecule has 170 valence electrons. The van der Waals surface area contributed by atoms with Crippen LogP contribution in [-0.2, 0) is 12.6 Å². The number of carbonyl (C=O) groups excluding carboxylic acids is 2. The number of amides is 2. The first kappa shape index (κ1) is 22.5. The molecule has 0 spiro atoms. The predicted molar refractivity (Wildman–Crippen MR) is 115 cm³/mol. The number of likely N-dealkylation sites (tertiary alicyclic amines) is 1. The summed E-state index contributed by atoms with van der Waals surface area (Å²) in [4.78, 5) is 29.5. The lowest BCUT2D eigenvalue weighted by atomic mass is 9.89. The molecule has 0 N–H and O–H groups in total. The highest BCUT2D eigenvalue weighted by Gasteiger charge is 2.42. The Morgan fingerprint density at radius 2 is 1.59 bits per heavy atom. The normalized spacial score (nSPS) is 18.8. The maximum Gasteiger partial charge on any atom is 0.416 e. The molecule has 1 atom stereocenters. The maximum absolute atomic E-state index is 13.0. The molecule has 0 radical (unpaired) electrons. The molecule has 1 unspecified atom stereocenters. The summed E-state index contributed by atoms with van der Waals surface area (Å²) < 4.78 is 39.0. The zero-order valence-electron chi connectivity index (χ0n) is 18.1. The van der Waals surface area contributed by atoms with Crippen molar-refractivity contribution in [2.24, 2.45) is 5.92 Å². The van der Waals surface area contributed by atoms with Gasteiger partial charge >= 0.3 is 6.18 Å². The third-order valence-corrected chi connectivity index (χ3v) is 6.52. The highest BCUT2D eigenvalue weighted by atomic mass is 19.4. The van der Waals surface area contributed by atoms with Crippen molar-refractivity contribution in [2.45, 2.75) is 51.4 Å². The quantitative estimate of drug-likeness (QED) is 0.562. The van der Waals surface area contributed by atoms with Crippen molar-refractivity contribution in [3.05, 3.63) is 70.8 Å². The van der Waals surface area contributed by atoms with Gasteiger partial charge in [0.1, 0.15) is 0 Å². The summed E-state index contributed by atoms with van der Waals surface area (Å²) in [5, 5.41) is 0. The Kier molecular flexibility index (Phi) is 6.38. The van der Waals surface area contributed by atoms with Crippen molar-refractivity contribution in [1.82, 2.24) is 9.80 Å². The molecule has 2 aliphatic rings. The Hall–Kier alpha value is -2.67. The Bertz CT molecular complexity index is 962. The number of fused-ring (bicyclic) bond motifs is 1. The fourth-order valence-corrected chi connectivity index (χ4v) is 4.87. The van der Waals surface area contributed by atoms with Gasteiger partial charge in [-0.25, -0.2) is 0 Å². The van der Waals surface area contributed by atoms with E-state index in [2.05, 4.69) is 4.90 Å². The van der Waals surface area contributed by atoms with Crippen molar-refractivity contribution in [3.63, 3.8) is 0 Å². The molecule has 0 aromatic heterocycles. The molecular weight excluding hydrogens is 417 g/mol. The molecule has 1 fully saturated rings. The SMILES string of the molecule is CCCC(N1CCC(Cc2cccc(C(F)(F)F)c2)CC1)N1C(=O)c2ccccc2C1=O. The van der Waals surface area contributed by atoms with Gasteiger partial charge in [0.05, 0.1) is 22.9 Å². The fourth-order valence-electron chi connectivity index (χ4n) is 4.87. The highest BCUT2D eigenvalue weighted by molar-refractivity contribution is 6.21. The van der Waals surface area contributed by atoms with E-state index in [0.29, 0.717) is 42.6 Å². The molecule has 0 bridgehead atoms. The van der Waals surface area contributed by atoms with Gasteiger partial charge in [0.15, 0.2) is 0 Å². The van der Waals surface area contributed by atoms with Crippen LogP contribution >= 0.6 is 0 Å². The molecule has 2 amide bonds. The molecule has 0 saturated carbocycles. The molecule has 2 heterocycles. The van der Waals surface area contributed by atoms with Gasteiger partial charge in [-0.05, 0) is 55.4 Å². The van der Waals surface area contributed by atoms with Gasteiger partial charge in [-0.3, -0.25) is 19.4 Å². The summed E-state index contributed by atoms with van der Waals surface area (Å²) >= 11 is 0. The van der Waals surface area contributed by atoms with E-state index in [-0.39, 0.29) is 23.9 Å². The average Bonchev–Trinajstić information content (AvgIpc) is 3.03. The number of halogens is 3. The summed E-state index contributed by atoms with van der Waals surface area (Å²) in [6.07, 6.45) is -0.852. The third-order valence-electron chi connectivity index (χ3n) is 6.52. The highest BCUT2D eigenvalue weighted by Crippen LogP contribution is 2.33. The summed E-state index contributed by atoms with van der Waals surface area (Å²) in [5.41, 5.74) is 1.00. The topological polar surface area (TPSA) is 40.6 Å². The van der Waals surface area contributed by atoms with Crippen LogP contribution in [0.3, 0.4) is 0 Å². The van der Waals surface area contributed by atoms with Crippen LogP contribution in [0.15, 0.2) is 48.5 Å². The summed E-state index contributed by atoms with van der Waals surface area (Å²) in [5.74, 6) is -0.204. The largest absolute Gasteiger partial charge is 0.416 e. The standard InChI is InChI=1S/C25H27F3N2O2/c1-2-6-22(30-23(31)20-9-3-4-10-21(20)24(30)32)29-13-11-17(12-14-29)15-18-7-5-8-19(16-18)25(26,27)28/h3-5,7-10,16-17,22H,2,6,11-15H2,1H3. The van der Waals surface area contributed by atoms with Gasteiger partial charge in [0.25, 0.3) is 11.8 Å². The second-order valence-corrected chi connectivity index (χ2v) is 8.68. The number of piperidine rings is 1. The minimum absolute atomic E-state index is 0.241. The molecular formula is C25H27F3N2O2. The van der Waals surface area contributed by atoms with Gasteiger partial charge in [-0.15, -0.1) is 0 Å². The number of rotatable bonds is 6. The first-order valence-electron chi connectivity index (χ1n) is 11.2. The molecule has 7 heteroatoms. The smallest absolute Gasteiger partial charge is 0.283 e. The van der Waals surface area contributed by atoms with E-state index in [4.69, 9.17) is 0 Å². The molecule has 2 aromatic carbocycles. The molecule has 4 rings (SSSR count). The minimum atomic E-state index is -4.33. The van der Waals surface area contributed by atoms with Crippen LogP contribution in [-0.4, -0.2) is 40.9 Å². The Morgan fingerprint density at radius 1 is 0.969 bits per heavy atom. The number of hydrogen-bond donors (Lipinski definition) is 0. The van der Waals surface area contributed by atoms with Crippen LogP contribution in [0.1, 0.15) is 64.4 Å². The first-order valence-corrected chi connectivity index (χ1v) is 11.2. The molecule has 2 aromatic rings. The first-order chi connectivity index (χ1) is 15.3. The molecule has 1 saturated heterocycles. The van der Waals surface area contributed by atoms with E-state index in [1.54, 1.807) is 30.3 Å². The number of carbonyl (C=O) groups is 2. The third kappa shape index (κ3) is 4.44. The molecule has 0 aliphatic carbocycles. The Balaban J connectivity index is 1.42. The van der Waals surface area contributed by atoms with E-state index >= 15 is 0 Å². The lowest BCUT2D eigenvalue weighted by molar-refractivity contribution is -0.137. The Labute approximate surface area is 186 Å². The Morgan fingerprint density at radius 3 is 2.16 bits per heavy atom. The second kappa shape index (κ2) is 9.06. The summed E-state index contributed by atoms with van der Waals surface area (Å²) in [7, 11) is 0. The van der Waals surface area contributed by atoms with E-state index in [1.807, 2.05) is 6.92 Å². The lowest BCUT2D eigenvalue weighted by Gasteiger charge is -2.41. The van der Waals surface area contributed by atoms with Gasteiger partial charge in [0.2, 0.25) is 0 Å². The van der Waals surface area contributed by atoms with Crippen molar-refractivity contribution < 1.29 is 22.8 Å². The number of alkyl halides is 3.